The van der Waals surface area contributed by atoms with Crippen molar-refractivity contribution in [3.63, 3.8) is 0 Å². The second-order valence-corrected chi connectivity index (χ2v) is 7.94. The maximum Gasteiger partial charge on any atom is 0.270 e. The van der Waals surface area contributed by atoms with Crippen molar-refractivity contribution in [2.45, 2.75) is 51.6 Å². The van der Waals surface area contributed by atoms with Crippen LogP contribution in [-0.4, -0.2) is 21.7 Å². The molecule has 4 fully saturated rings. The lowest BCUT2D eigenvalue weighted by molar-refractivity contribution is -0.0121. The zero-order valence-electron chi connectivity index (χ0n) is 12.4. The van der Waals surface area contributed by atoms with Crippen molar-refractivity contribution < 1.29 is 4.79 Å². The van der Waals surface area contributed by atoms with Crippen LogP contribution in [-0.2, 0) is 6.54 Å². The zero-order valence-corrected chi connectivity index (χ0v) is 14.0. The van der Waals surface area contributed by atoms with Gasteiger partial charge < -0.3 is 5.32 Å². The van der Waals surface area contributed by atoms with Crippen LogP contribution >= 0.6 is 15.9 Å². The lowest BCUT2D eigenvalue weighted by Crippen LogP contribution is -2.56. The Hall–Kier alpha value is -0.840. The summed E-state index contributed by atoms with van der Waals surface area (Å²) in [5.74, 6) is 3.34. The van der Waals surface area contributed by atoms with Gasteiger partial charge in [-0.2, -0.15) is 5.10 Å². The molecule has 1 aromatic rings. The van der Waals surface area contributed by atoms with E-state index >= 15 is 0 Å². The monoisotopic (exact) mass is 351 g/mol. The van der Waals surface area contributed by atoms with Crippen molar-refractivity contribution in [1.29, 1.82) is 0 Å². The third kappa shape index (κ3) is 2.24. The summed E-state index contributed by atoms with van der Waals surface area (Å²) in [4.78, 5) is 12.7. The molecule has 5 rings (SSSR count). The van der Waals surface area contributed by atoms with E-state index in [1.807, 2.05) is 6.92 Å². The molecule has 0 aromatic carbocycles. The first-order chi connectivity index (χ1) is 10.2. The lowest BCUT2D eigenvalue weighted by atomic mass is 9.54. The number of halogens is 1. The molecule has 0 spiro atoms. The summed E-state index contributed by atoms with van der Waals surface area (Å²) in [6.45, 7) is 2.73. The van der Waals surface area contributed by atoms with Crippen LogP contribution < -0.4 is 5.32 Å². The van der Waals surface area contributed by atoms with Gasteiger partial charge in [-0.3, -0.25) is 9.48 Å². The second kappa shape index (κ2) is 5.11. The minimum absolute atomic E-state index is 0.0405. The van der Waals surface area contributed by atoms with Crippen LogP contribution in [0.3, 0.4) is 0 Å². The summed E-state index contributed by atoms with van der Waals surface area (Å²) < 4.78 is 2.57. The van der Waals surface area contributed by atoms with Crippen LogP contribution in [0.15, 0.2) is 10.7 Å². The average molecular weight is 352 g/mol. The fourth-order valence-corrected chi connectivity index (χ4v) is 5.68. The van der Waals surface area contributed by atoms with E-state index in [1.54, 1.807) is 10.9 Å². The molecule has 0 saturated heterocycles. The van der Waals surface area contributed by atoms with Gasteiger partial charge in [-0.1, -0.05) is 0 Å². The van der Waals surface area contributed by atoms with Gasteiger partial charge in [0.1, 0.15) is 5.69 Å². The highest BCUT2D eigenvalue weighted by molar-refractivity contribution is 9.10. The fraction of sp³-hybridized carbons (Fsp3) is 0.750. The highest BCUT2D eigenvalue weighted by Gasteiger charge is 2.48. The maximum atomic E-state index is 12.7. The number of aromatic nitrogens is 2. The molecule has 21 heavy (non-hydrogen) atoms. The van der Waals surface area contributed by atoms with Crippen molar-refractivity contribution in [2.75, 3.05) is 0 Å². The summed E-state index contributed by atoms with van der Waals surface area (Å²) in [6, 6.07) is 0.386. The van der Waals surface area contributed by atoms with Gasteiger partial charge in [-0.15, -0.1) is 0 Å². The number of aryl methyl sites for hydroxylation is 1. The van der Waals surface area contributed by atoms with Crippen molar-refractivity contribution in [1.82, 2.24) is 15.1 Å². The Labute approximate surface area is 133 Å². The molecule has 4 bridgehead atoms. The predicted molar refractivity (Wildman–Crippen MR) is 83.9 cm³/mol. The summed E-state index contributed by atoms with van der Waals surface area (Å²) in [6.07, 6.45) is 8.47. The molecular formula is C16H22BrN3O. The highest BCUT2D eigenvalue weighted by atomic mass is 79.9. The van der Waals surface area contributed by atoms with E-state index in [9.17, 15) is 4.79 Å². The smallest absolute Gasteiger partial charge is 0.270 e. The summed E-state index contributed by atoms with van der Waals surface area (Å²) >= 11 is 3.46. The van der Waals surface area contributed by atoms with Crippen molar-refractivity contribution in [3.05, 3.63) is 16.4 Å². The molecule has 5 heteroatoms. The number of hydrogen-bond acceptors (Lipinski definition) is 2. The largest absolute Gasteiger partial charge is 0.347 e. The van der Waals surface area contributed by atoms with Crippen molar-refractivity contribution in [2.24, 2.45) is 23.7 Å². The van der Waals surface area contributed by atoms with Crippen molar-refractivity contribution >= 4 is 21.8 Å². The molecular weight excluding hydrogens is 330 g/mol. The molecule has 0 radical (unpaired) electrons. The van der Waals surface area contributed by atoms with Gasteiger partial charge in [0.25, 0.3) is 5.91 Å². The normalized spacial score (nSPS) is 37.0. The number of carbonyl (C=O) groups is 1. The Morgan fingerprint density at radius 3 is 2.48 bits per heavy atom. The average Bonchev–Trinajstić information content (AvgIpc) is 2.83. The molecule has 1 amide bonds. The van der Waals surface area contributed by atoms with E-state index in [4.69, 9.17) is 0 Å². The third-order valence-corrected chi connectivity index (χ3v) is 6.41. The van der Waals surface area contributed by atoms with Gasteiger partial charge >= 0.3 is 0 Å². The van der Waals surface area contributed by atoms with Crippen LogP contribution in [0.2, 0.25) is 0 Å². The van der Waals surface area contributed by atoms with E-state index < -0.39 is 0 Å². The van der Waals surface area contributed by atoms with Gasteiger partial charge in [0.2, 0.25) is 0 Å². The highest BCUT2D eigenvalue weighted by Crippen LogP contribution is 2.53. The lowest BCUT2D eigenvalue weighted by Gasteiger charge is -2.54. The molecule has 1 N–H and O–H groups in total. The third-order valence-electron chi connectivity index (χ3n) is 5.83. The first-order valence-electron chi connectivity index (χ1n) is 8.17. The van der Waals surface area contributed by atoms with Gasteiger partial charge in [0, 0.05) is 12.6 Å². The first-order valence-corrected chi connectivity index (χ1v) is 8.97. The standard InChI is InChI=1S/C16H22BrN3O/c1-2-20-15(13(17)8-18-20)16(21)19-14-11-4-9-3-10(6-11)7-12(14)5-9/h8-12,14H,2-7H2,1H3,(H,19,21). The van der Waals surface area contributed by atoms with Gasteiger partial charge in [0.05, 0.1) is 10.7 Å². The second-order valence-electron chi connectivity index (χ2n) is 7.09. The van der Waals surface area contributed by atoms with Crippen LogP contribution in [0.4, 0.5) is 0 Å². The first kappa shape index (κ1) is 13.8. The SMILES string of the molecule is CCn1ncc(Br)c1C(=O)NC1C2CC3CC(C2)CC1C3. The summed E-state index contributed by atoms with van der Waals surface area (Å²) in [5.41, 5.74) is 0.673. The van der Waals surface area contributed by atoms with Gasteiger partial charge in [-0.25, -0.2) is 0 Å². The minimum Gasteiger partial charge on any atom is -0.347 e. The summed E-state index contributed by atoms with van der Waals surface area (Å²) in [7, 11) is 0. The Morgan fingerprint density at radius 2 is 1.90 bits per heavy atom. The predicted octanol–water partition coefficient (Wildman–Crippen LogP) is 3.22. The minimum atomic E-state index is 0.0405. The number of carbonyl (C=O) groups excluding carboxylic acids is 1. The number of amides is 1. The molecule has 4 nitrogen and oxygen atoms in total. The molecule has 4 aliphatic carbocycles. The summed E-state index contributed by atoms with van der Waals surface area (Å²) in [5, 5.41) is 7.60. The quantitative estimate of drug-likeness (QED) is 0.908. The molecule has 0 unspecified atom stereocenters. The van der Waals surface area contributed by atoms with E-state index in [2.05, 4.69) is 26.3 Å². The van der Waals surface area contributed by atoms with Crippen LogP contribution in [0.1, 0.15) is 49.5 Å². The molecule has 1 aromatic heterocycles. The number of nitrogens with one attached hydrogen (secondary N) is 1. The van der Waals surface area contributed by atoms with E-state index in [0.717, 1.165) is 22.9 Å². The Balaban J connectivity index is 1.53. The Kier molecular flexibility index (Phi) is 3.36. The molecule has 0 atom stereocenters. The molecule has 4 saturated carbocycles. The fourth-order valence-electron chi connectivity index (χ4n) is 5.21. The topological polar surface area (TPSA) is 46.9 Å². The molecule has 0 aliphatic heterocycles. The maximum absolute atomic E-state index is 12.7. The number of nitrogens with zero attached hydrogens (tertiary/aromatic N) is 2. The van der Waals surface area contributed by atoms with Gasteiger partial charge in [-0.05, 0) is 78.6 Å². The Bertz CT molecular complexity index is 540. The van der Waals surface area contributed by atoms with Crippen molar-refractivity contribution in [3.8, 4) is 0 Å². The van der Waals surface area contributed by atoms with E-state index in [1.165, 1.54) is 32.1 Å². The number of rotatable bonds is 3. The molecule has 4 aliphatic rings. The zero-order chi connectivity index (χ0) is 14.6. The van der Waals surface area contributed by atoms with Crippen LogP contribution in [0.5, 0.6) is 0 Å². The van der Waals surface area contributed by atoms with E-state index in [0.29, 0.717) is 23.6 Å². The van der Waals surface area contributed by atoms with E-state index in [-0.39, 0.29) is 5.91 Å². The van der Waals surface area contributed by atoms with Gasteiger partial charge in [0.15, 0.2) is 0 Å². The molecule has 114 valence electrons. The van der Waals surface area contributed by atoms with Crippen LogP contribution in [0.25, 0.3) is 0 Å². The number of hydrogen-bond donors (Lipinski definition) is 1. The Morgan fingerprint density at radius 1 is 1.29 bits per heavy atom. The molecule has 1 heterocycles. The van der Waals surface area contributed by atoms with Crippen LogP contribution in [0, 0.1) is 23.7 Å².